The third-order valence-corrected chi connectivity index (χ3v) is 3.95. The number of benzene rings is 2. The third-order valence-electron chi connectivity index (χ3n) is 3.95. The Hall–Kier alpha value is -3.01. The maximum Gasteiger partial charge on any atom is 0.253 e. The molecule has 0 saturated carbocycles. The van der Waals surface area contributed by atoms with Gasteiger partial charge in [-0.2, -0.15) is 0 Å². The quantitative estimate of drug-likeness (QED) is 0.545. The Balaban J connectivity index is 1.95. The minimum absolute atomic E-state index is 0.174. The van der Waals surface area contributed by atoms with Gasteiger partial charge in [0.2, 0.25) is 0 Å². The topological polar surface area (TPSA) is 64.4 Å². The van der Waals surface area contributed by atoms with Gasteiger partial charge < -0.3 is 15.8 Å². The summed E-state index contributed by atoms with van der Waals surface area (Å²) in [6.45, 7) is 8.31. The number of amides is 1. The van der Waals surface area contributed by atoms with Crippen LogP contribution in [0, 0.1) is 12.8 Å². The fourth-order valence-electron chi connectivity index (χ4n) is 2.37. The van der Waals surface area contributed by atoms with Crippen molar-refractivity contribution < 1.29 is 9.53 Å². The lowest BCUT2D eigenvalue weighted by molar-refractivity contribution is -0.117. The second-order valence-electron chi connectivity index (χ2n) is 6.94. The average molecular weight is 364 g/mol. The van der Waals surface area contributed by atoms with Crippen molar-refractivity contribution in [3.63, 3.8) is 0 Å². The second-order valence-corrected chi connectivity index (χ2v) is 6.94. The van der Waals surface area contributed by atoms with Crippen LogP contribution < -0.4 is 15.8 Å². The Morgan fingerprint density at radius 2 is 1.63 bits per heavy atom. The van der Waals surface area contributed by atoms with Crippen LogP contribution >= 0.6 is 0 Å². The highest BCUT2D eigenvalue weighted by molar-refractivity contribution is 5.96. The van der Waals surface area contributed by atoms with Crippen LogP contribution in [0.3, 0.4) is 0 Å². The summed E-state index contributed by atoms with van der Waals surface area (Å²) in [6, 6.07) is 15.6. The Kier molecular flexibility index (Phi) is 7.24. The Bertz CT molecular complexity index is 812. The zero-order chi connectivity index (χ0) is 19.8. The van der Waals surface area contributed by atoms with E-state index >= 15 is 0 Å². The van der Waals surface area contributed by atoms with Crippen molar-refractivity contribution in [1.29, 1.82) is 0 Å². The molecule has 4 nitrogen and oxygen atoms in total. The first kappa shape index (κ1) is 20.3. The molecule has 0 aliphatic rings. The normalized spacial score (nSPS) is 12.2. The Morgan fingerprint density at radius 1 is 1.07 bits per heavy atom. The van der Waals surface area contributed by atoms with Crippen LogP contribution in [0.4, 0.5) is 0 Å². The predicted octanol–water partition coefficient (Wildman–Crippen LogP) is 4.85. The summed E-state index contributed by atoms with van der Waals surface area (Å²) in [5.74, 6) is 1.74. The molecule has 0 radical (unpaired) electrons. The van der Waals surface area contributed by atoms with Crippen molar-refractivity contribution >= 4 is 5.91 Å². The number of carbonyl (C=O) groups excluding carboxylic acids is 1. The molecule has 2 aromatic rings. The van der Waals surface area contributed by atoms with Gasteiger partial charge in [-0.1, -0.05) is 55.8 Å². The highest BCUT2D eigenvalue weighted by Crippen LogP contribution is 2.22. The number of allylic oxidation sites excluding steroid dienone is 2. The molecule has 3 N–H and O–H groups in total. The van der Waals surface area contributed by atoms with Gasteiger partial charge in [-0.25, -0.2) is 0 Å². The van der Waals surface area contributed by atoms with Crippen molar-refractivity contribution in [2.45, 2.75) is 34.2 Å². The number of hydrogen-bond acceptors (Lipinski definition) is 3. The van der Waals surface area contributed by atoms with E-state index in [1.54, 1.807) is 13.0 Å². The summed E-state index contributed by atoms with van der Waals surface area (Å²) in [4.78, 5) is 12.4. The van der Waals surface area contributed by atoms with E-state index in [0.29, 0.717) is 23.7 Å². The molecule has 0 unspecified atom stereocenters. The van der Waals surface area contributed by atoms with E-state index in [0.717, 1.165) is 17.1 Å². The number of carbonyl (C=O) groups is 1. The number of aryl methyl sites for hydroxylation is 1. The number of rotatable bonds is 7. The van der Waals surface area contributed by atoms with Crippen LogP contribution in [0.1, 0.15) is 31.9 Å². The van der Waals surface area contributed by atoms with Crippen LogP contribution in [0.25, 0.3) is 0 Å². The number of nitrogens with two attached hydrogens (primary N) is 1. The SMILES string of the molecule is C/C(N)=C(\C=C/C(C)C)C(=O)NCc1ccc(Oc2ccc(C)cc2)cc1. The molecule has 2 rings (SSSR count). The summed E-state index contributed by atoms with van der Waals surface area (Å²) in [5, 5.41) is 2.91. The first-order valence-electron chi connectivity index (χ1n) is 9.11. The zero-order valence-electron chi connectivity index (χ0n) is 16.5. The molecule has 0 aliphatic carbocycles. The largest absolute Gasteiger partial charge is 0.457 e. The molecule has 0 atom stereocenters. The summed E-state index contributed by atoms with van der Waals surface area (Å²) >= 11 is 0. The van der Waals surface area contributed by atoms with Gasteiger partial charge in [0.15, 0.2) is 0 Å². The molecule has 27 heavy (non-hydrogen) atoms. The fraction of sp³-hybridized carbons (Fsp3) is 0.261. The summed E-state index contributed by atoms with van der Waals surface area (Å²) in [6.07, 6.45) is 3.75. The Morgan fingerprint density at radius 3 is 2.15 bits per heavy atom. The van der Waals surface area contributed by atoms with E-state index in [9.17, 15) is 4.79 Å². The molecule has 2 aromatic carbocycles. The zero-order valence-corrected chi connectivity index (χ0v) is 16.5. The lowest BCUT2D eigenvalue weighted by atomic mass is 10.1. The van der Waals surface area contributed by atoms with Crippen LogP contribution in [-0.4, -0.2) is 5.91 Å². The van der Waals surface area contributed by atoms with Gasteiger partial charge in [-0.05, 0) is 49.6 Å². The van der Waals surface area contributed by atoms with Gasteiger partial charge in [-0.3, -0.25) is 4.79 Å². The van der Waals surface area contributed by atoms with Gasteiger partial charge in [0.05, 0.1) is 5.57 Å². The first-order valence-corrected chi connectivity index (χ1v) is 9.11. The highest BCUT2D eigenvalue weighted by atomic mass is 16.5. The summed E-state index contributed by atoms with van der Waals surface area (Å²) in [5.41, 5.74) is 9.03. The second kappa shape index (κ2) is 9.62. The maximum atomic E-state index is 12.4. The molecular weight excluding hydrogens is 336 g/mol. The van der Waals surface area contributed by atoms with Gasteiger partial charge in [0.25, 0.3) is 5.91 Å². The molecule has 4 heteroatoms. The highest BCUT2D eigenvalue weighted by Gasteiger charge is 2.09. The van der Waals surface area contributed by atoms with Crippen LogP contribution in [-0.2, 0) is 11.3 Å². The smallest absolute Gasteiger partial charge is 0.253 e. The van der Waals surface area contributed by atoms with Crippen molar-refractivity contribution in [3.8, 4) is 11.5 Å². The summed E-state index contributed by atoms with van der Waals surface area (Å²) in [7, 11) is 0. The van der Waals surface area contributed by atoms with Crippen LogP contribution in [0.5, 0.6) is 11.5 Å². The third kappa shape index (κ3) is 6.66. The molecule has 1 amide bonds. The van der Waals surface area contributed by atoms with Gasteiger partial charge in [0.1, 0.15) is 11.5 Å². The number of ether oxygens (including phenoxy) is 1. The molecule has 0 aromatic heterocycles. The lowest BCUT2D eigenvalue weighted by Gasteiger charge is -2.10. The fourth-order valence-corrected chi connectivity index (χ4v) is 2.37. The minimum atomic E-state index is -0.174. The van der Waals surface area contributed by atoms with Gasteiger partial charge in [-0.15, -0.1) is 0 Å². The predicted molar refractivity (Wildman–Crippen MR) is 110 cm³/mol. The van der Waals surface area contributed by atoms with Crippen molar-refractivity contribution in [1.82, 2.24) is 5.32 Å². The van der Waals surface area contributed by atoms with E-state index in [2.05, 4.69) is 19.2 Å². The van der Waals surface area contributed by atoms with E-state index in [-0.39, 0.29) is 5.91 Å². The van der Waals surface area contributed by atoms with Gasteiger partial charge >= 0.3 is 0 Å². The van der Waals surface area contributed by atoms with E-state index in [4.69, 9.17) is 10.5 Å². The molecular formula is C23H28N2O2. The molecule has 142 valence electrons. The monoisotopic (exact) mass is 364 g/mol. The molecule has 0 fully saturated rings. The van der Waals surface area contributed by atoms with Crippen molar-refractivity contribution in [2.24, 2.45) is 11.7 Å². The van der Waals surface area contributed by atoms with E-state index < -0.39 is 0 Å². The standard InChI is InChI=1S/C23H28N2O2/c1-16(2)5-14-22(18(4)24)23(26)25-15-19-8-12-21(13-9-19)27-20-10-6-17(3)7-11-20/h5-14,16H,15,24H2,1-4H3,(H,25,26)/b14-5-,22-18-. The minimum Gasteiger partial charge on any atom is -0.457 e. The van der Waals surface area contributed by atoms with E-state index in [1.165, 1.54) is 5.56 Å². The summed E-state index contributed by atoms with van der Waals surface area (Å²) < 4.78 is 5.82. The molecule has 0 bridgehead atoms. The Labute approximate surface area is 161 Å². The van der Waals surface area contributed by atoms with Crippen LogP contribution in [0.2, 0.25) is 0 Å². The molecule has 0 spiro atoms. The van der Waals surface area contributed by atoms with Crippen molar-refractivity contribution in [2.75, 3.05) is 0 Å². The molecule has 0 aliphatic heterocycles. The number of nitrogens with one attached hydrogen (secondary N) is 1. The van der Waals surface area contributed by atoms with Crippen LogP contribution in [0.15, 0.2) is 72.0 Å². The molecule has 0 saturated heterocycles. The van der Waals surface area contributed by atoms with Gasteiger partial charge in [0, 0.05) is 12.2 Å². The first-order chi connectivity index (χ1) is 12.8. The lowest BCUT2D eigenvalue weighted by Crippen LogP contribution is -2.25. The molecule has 0 heterocycles. The number of hydrogen-bond donors (Lipinski definition) is 2. The van der Waals surface area contributed by atoms with E-state index in [1.807, 2.05) is 61.5 Å². The maximum absolute atomic E-state index is 12.4. The average Bonchev–Trinajstić information content (AvgIpc) is 2.62. The van der Waals surface area contributed by atoms with Crippen molar-refractivity contribution in [3.05, 3.63) is 83.1 Å².